The molecule has 0 unspecified atom stereocenters. The molecule has 6 N–H and O–H groups in total. The van der Waals surface area contributed by atoms with Gasteiger partial charge in [-0.05, 0) is 31.2 Å². The Bertz CT molecular complexity index is 1460. The van der Waals surface area contributed by atoms with E-state index in [1.165, 1.54) is 11.8 Å². The van der Waals surface area contributed by atoms with E-state index >= 15 is 0 Å². The molecule has 0 radical (unpaired) electrons. The number of urea groups is 1. The number of hydrogen-bond donors (Lipinski definition) is 5. The van der Waals surface area contributed by atoms with Crippen LogP contribution < -0.4 is 31.6 Å². The molecule has 3 rings (SSSR count). The fraction of sp³-hybridized carbons (Fsp3) is 0.296. The van der Waals surface area contributed by atoms with Crippen LogP contribution in [0.25, 0.3) is 0 Å². The van der Waals surface area contributed by atoms with E-state index in [4.69, 9.17) is 28.9 Å². The molecule has 43 heavy (non-hydrogen) atoms. The Morgan fingerprint density at radius 3 is 2.35 bits per heavy atom. The Hall–Kier alpha value is -4.69. The summed E-state index contributed by atoms with van der Waals surface area (Å²) in [7, 11) is 0. The average molecular weight is 634 g/mol. The lowest BCUT2D eigenvalue weighted by Gasteiger charge is -2.25. The van der Waals surface area contributed by atoms with Gasteiger partial charge in [0.15, 0.2) is 5.75 Å². The van der Waals surface area contributed by atoms with E-state index in [1.54, 1.807) is 31.2 Å². The number of carbonyl (C=O) groups is 6. The van der Waals surface area contributed by atoms with Crippen molar-refractivity contribution in [3.05, 3.63) is 52.0 Å². The predicted molar refractivity (Wildman–Crippen MR) is 159 cm³/mol. The summed E-state index contributed by atoms with van der Waals surface area (Å²) < 4.78 is 0. The molecule has 1 aliphatic rings. The normalized spacial score (nSPS) is 15.3. The number of phenols is 1. The zero-order valence-electron chi connectivity index (χ0n) is 23.1. The van der Waals surface area contributed by atoms with Crippen molar-refractivity contribution in [2.45, 2.75) is 38.8 Å². The van der Waals surface area contributed by atoms with E-state index in [1.807, 2.05) is 5.43 Å². The molecule has 0 saturated carbocycles. The minimum atomic E-state index is -1.33. The van der Waals surface area contributed by atoms with E-state index in [9.17, 15) is 33.9 Å². The second-order valence-electron chi connectivity index (χ2n) is 9.42. The highest BCUT2D eigenvalue weighted by Crippen LogP contribution is 2.34. The third-order valence-corrected chi connectivity index (χ3v) is 6.74. The molecule has 0 bridgehead atoms. The van der Waals surface area contributed by atoms with Gasteiger partial charge in [0, 0.05) is 24.6 Å². The highest BCUT2D eigenvalue weighted by molar-refractivity contribution is 6.37. The number of hydrogen-bond acceptors (Lipinski definition) is 8. The van der Waals surface area contributed by atoms with Crippen molar-refractivity contribution < 1.29 is 33.9 Å². The van der Waals surface area contributed by atoms with E-state index in [0.29, 0.717) is 5.69 Å². The second-order valence-corrected chi connectivity index (χ2v) is 10.2. The van der Waals surface area contributed by atoms with Crippen LogP contribution in [0.15, 0.2) is 41.5 Å². The van der Waals surface area contributed by atoms with Crippen LogP contribution in [0, 0.1) is 0 Å². The van der Waals surface area contributed by atoms with Gasteiger partial charge in [-0.2, -0.15) is 5.10 Å². The number of nitrogens with two attached hydrogens (primary N) is 1. The maximum atomic E-state index is 13.9. The van der Waals surface area contributed by atoms with Crippen molar-refractivity contribution in [2.75, 3.05) is 22.9 Å². The minimum absolute atomic E-state index is 0.0593. The molecule has 2 aromatic rings. The molecule has 0 saturated heterocycles. The number of ketones is 1. The highest BCUT2D eigenvalue weighted by Gasteiger charge is 2.37. The minimum Gasteiger partial charge on any atom is -0.505 e. The molecule has 6 amide bonds. The van der Waals surface area contributed by atoms with Crippen LogP contribution in [0.2, 0.25) is 10.0 Å². The van der Waals surface area contributed by atoms with Gasteiger partial charge in [0.2, 0.25) is 11.8 Å². The number of carbonyl (C=O) groups excluding carboxylic acids is 6. The van der Waals surface area contributed by atoms with Gasteiger partial charge in [0.05, 0.1) is 34.0 Å². The maximum Gasteiger partial charge on any atom is 0.332 e. The summed E-state index contributed by atoms with van der Waals surface area (Å²) in [5, 5.41) is 18.2. The number of nitrogens with zero attached hydrogens (tertiary/aromatic N) is 3. The van der Waals surface area contributed by atoms with Crippen molar-refractivity contribution in [3.8, 4) is 5.75 Å². The Balaban J connectivity index is 1.96. The van der Waals surface area contributed by atoms with Crippen molar-refractivity contribution in [1.29, 1.82) is 0 Å². The van der Waals surface area contributed by atoms with Crippen LogP contribution in [0.3, 0.4) is 0 Å². The smallest absolute Gasteiger partial charge is 0.332 e. The molecular weight excluding hydrogens is 605 g/mol. The lowest BCUT2D eigenvalue weighted by Crippen LogP contribution is -2.54. The Labute approximate surface area is 256 Å². The summed E-state index contributed by atoms with van der Waals surface area (Å²) in [6, 6.07) is 5.52. The number of anilines is 2. The third kappa shape index (κ3) is 8.42. The van der Waals surface area contributed by atoms with Gasteiger partial charge in [-0.15, -0.1) is 0 Å². The molecule has 0 fully saturated rings. The van der Waals surface area contributed by atoms with Gasteiger partial charge in [-0.25, -0.2) is 10.2 Å². The van der Waals surface area contributed by atoms with Crippen LogP contribution in [0.4, 0.5) is 16.2 Å². The molecule has 1 aliphatic heterocycles. The number of halogens is 2. The molecular formula is C27H29Cl2N7O7. The van der Waals surface area contributed by atoms with Crippen LogP contribution in [0.1, 0.15) is 37.0 Å². The summed E-state index contributed by atoms with van der Waals surface area (Å²) in [5.41, 5.74) is 7.45. The number of phenolic OH excluding ortho intramolecular Hbond substituents is 1. The van der Waals surface area contributed by atoms with Crippen molar-refractivity contribution in [1.82, 2.24) is 16.1 Å². The Kier molecular flexibility index (Phi) is 11.0. The lowest BCUT2D eigenvalue weighted by molar-refractivity contribution is -0.125. The van der Waals surface area contributed by atoms with Crippen LogP contribution >= 0.6 is 23.2 Å². The number of para-hydroxylation sites is 2. The molecule has 1 heterocycles. The largest absolute Gasteiger partial charge is 0.505 e. The van der Waals surface area contributed by atoms with Gasteiger partial charge >= 0.3 is 6.03 Å². The van der Waals surface area contributed by atoms with E-state index in [0.717, 1.165) is 23.2 Å². The molecule has 2 aromatic carbocycles. The highest BCUT2D eigenvalue weighted by atomic mass is 35.5. The molecule has 14 nitrogen and oxygen atoms in total. The fourth-order valence-electron chi connectivity index (χ4n) is 4.26. The number of Topliss-reactive ketones (excluding diaryl/α,β-unsaturated/α-hetero) is 1. The number of aromatic hydroxyl groups is 1. The number of amides is 6. The number of primary amides is 1. The topological polar surface area (TPSA) is 204 Å². The maximum absolute atomic E-state index is 13.9. The Morgan fingerprint density at radius 1 is 1.14 bits per heavy atom. The van der Waals surface area contributed by atoms with E-state index in [2.05, 4.69) is 15.7 Å². The number of rotatable bonds is 10. The quantitative estimate of drug-likeness (QED) is 0.193. The third-order valence-electron chi connectivity index (χ3n) is 6.17. The summed E-state index contributed by atoms with van der Waals surface area (Å²) in [6.45, 7) is 2.11. The van der Waals surface area contributed by atoms with E-state index < -0.39 is 48.1 Å². The standard InChI is InChI=1S/C27H29Cl2N7O7/c1-3-23(39)35-12-19(33-25(41)15-9-17(28)24(40)18(29)10-15)26(42)36(21-7-5-4-6-20(21)35)13-22(38)32-16(8-14(2)37)11-31-34-27(30)43/h4-7,9-11,16,19,40H,3,8,12-13H2,1-2H3,(H,32,38)(H,33,41)(H3,30,34,43)/b31-11+/t16-,19-/m0/s1. The second kappa shape index (κ2) is 14.5. The molecule has 0 spiro atoms. The predicted octanol–water partition coefficient (Wildman–Crippen LogP) is 1.71. The first kappa shape index (κ1) is 32.8. The van der Waals surface area contributed by atoms with E-state index in [-0.39, 0.29) is 52.4 Å². The molecule has 228 valence electrons. The first-order valence-corrected chi connectivity index (χ1v) is 13.6. The number of fused-ring (bicyclic) bond motifs is 1. The van der Waals surface area contributed by atoms with Gasteiger partial charge < -0.3 is 26.4 Å². The first-order valence-electron chi connectivity index (χ1n) is 12.9. The monoisotopic (exact) mass is 633 g/mol. The van der Waals surface area contributed by atoms with Gasteiger partial charge in [-0.1, -0.05) is 42.3 Å². The molecule has 0 aliphatic carbocycles. The average Bonchev–Trinajstić information content (AvgIpc) is 3.05. The van der Waals surface area contributed by atoms with Crippen LogP contribution in [0.5, 0.6) is 5.75 Å². The van der Waals surface area contributed by atoms with Gasteiger partial charge in [-0.3, -0.25) is 28.9 Å². The Morgan fingerprint density at radius 2 is 1.77 bits per heavy atom. The number of benzene rings is 2. The van der Waals surface area contributed by atoms with Gasteiger partial charge in [0.25, 0.3) is 11.8 Å². The number of hydrazone groups is 1. The van der Waals surface area contributed by atoms with Crippen molar-refractivity contribution >= 4 is 76.2 Å². The molecule has 16 heteroatoms. The first-order chi connectivity index (χ1) is 20.3. The number of nitrogens with one attached hydrogen (secondary N) is 3. The van der Waals surface area contributed by atoms with Gasteiger partial charge in [0.1, 0.15) is 18.4 Å². The van der Waals surface area contributed by atoms with Crippen LogP contribution in [-0.4, -0.2) is 71.9 Å². The van der Waals surface area contributed by atoms with Crippen molar-refractivity contribution in [2.24, 2.45) is 10.8 Å². The van der Waals surface area contributed by atoms with Crippen molar-refractivity contribution in [3.63, 3.8) is 0 Å². The molecule has 2 atom stereocenters. The summed E-state index contributed by atoms with van der Waals surface area (Å²) in [6.07, 6.45) is 1.02. The zero-order valence-corrected chi connectivity index (χ0v) is 24.6. The lowest BCUT2D eigenvalue weighted by atomic mass is 10.1. The fourth-order valence-corrected chi connectivity index (χ4v) is 4.75. The summed E-state index contributed by atoms with van der Waals surface area (Å²) >= 11 is 11.9. The summed E-state index contributed by atoms with van der Waals surface area (Å²) in [4.78, 5) is 78.4. The molecule has 0 aromatic heterocycles. The SMILES string of the molecule is CCC(=O)N1C[C@H](NC(=O)c2cc(Cl)c(O)c(Cl)c2)C(=O)N(CC(=O)N[C@H](/C=N/NC(N)=O)CC(C)=O)c2ccccc21. The zero-order chi connectivity index (χ0) is 31.8. The van der Waals surface area contributed by atoms with Crippen LogP contribution in [-0.2, 0) is 19.2 Å². The summed E-state index contributed by atoms with van der Waals surface area (Å²) in [5.74, 6) is -3.26.